The molecule has 1 aromatic rings. The van der Waals surface area contributed by atoms with Gasteiger partial charge in [0.1, 0.15) is 0 Å². The lowest BCUT2D eigenvalue weighted by molar-refractivity contribution is -0.136. The number of Topliss-reactive ketones (excluding diaryl/α,β-unsaturated/α-hetero) is 1. The summed E-state index contributed by atoms with van der Waals surface area (Å²) in [5.74, 6) is -0.0718. The molecular formula is C15H18O6. The quantitative estimate of drug-likeness (QED) is 0.776. The van der Waals surface area contributed by atoms with Gasteiger partial charge in [-0.2, -0.15) is 0 Å². The predicted molar refractivity (Wildman–Crippen MR) is 77.0 cm³/mol. The number of aliphatic carboxylic acids is 1. The summed E-state index contributed by atoms with van der Waals surface area (Å²) >= 11 is 0. The van der Waals surface area contributed by atoms with E-state index in [0.29, 0.717) is 22.8 Å². The molecule has 0 radical (unpaired) electrons. The van der Waals surface area contributed by atoms with E-state index in [1.807, 2.05) is 0 Å². The molecule has 0 aliphatic rings. The zero-order valence-corrected chi connectivity index (χ0v) is 12.4. The predicted octanol–water partition coefficient (Wildman–Crippen LogP) is 2.16. The maximum Gasteiger partial charge on any atom is 0.307 e. The van der Waals surface area contributed by atoms with Crippen molar-refractivity contribution in [1.82, 2.24) is 0 Å². The standard InChI is InChI=1S/C15H18O6/c1-9(16)11(8-14(17)18)5-10-6-12(19-2)15(21-4)13(7-10)20-3/h5-7H,8H2,1-4H3,(H,17,18)/b11-5+. The number of benzene rings is 1. The Labute approximate surface area is 122 Å². The van der Waals surface area contributed by atoms with Crippen molar-refractivity contribution in [3.63, 3.8) is 0 Å². The molecule has 6 heteroatoms. The first kappa shape index (κ1) is 16.6. The molecule has 1 aromatic carbocycles. The smallest absolute Gasteiger partial charge is 0.307 e. The van der Waals surface area contributed by atoms with Gasteiger partial charge < -0.3 is 19.3 Å². The summed E-state index contributed by atoms with van der Waals surface area (Å²) in [7, 11) is 4.45. The van der Waals surface area contributed by atoms with Crippen LogP contribution in [0.4, 0.5) is 0 Å². The third-order valence-electron chi connectivity index (χ3n) is 2.82. The highest BCUT2D eigenvalue weighted by Gasteiger charge is 2.14. The van der Waals surface area contributed by atoms with Crippen LogP contribution in [0.25, 0.3) is 6.08 Å². The molecule has 0 aliphatic heterocycles. The van der Waals surface area contributed by atoms with Gasteiger partial charge in [-0.1, -0.05) is 0 Å². The third-order valence-corrected chi connectivity index (χ3v) is 2.82. The number of ketones is 1. The molecule has 114 valence electrons. The van der Waals surface area contributed by atoms with Gasteiger partial charge in [-0.15, -0.1) is 0 Å². The number of methoxy groups -OCH3 is 3. The molecule has 0 atom stereocenters. The lowest BCUT2D eigenvalue weighted by Crippen LogP contribution is -2.04. The van der Waals surface area contributed by atoms with Crippen LogP contribution in [-0.2, 0) is 9.59 Å². The molecule has 0 aliphatic carbocycles. The summed E-state index contributed by atoms with van der Waals surface area (Å²) in [4.78, 5) is 22.3. The van der Waals surface area contributed by atoms with Crippen LogP contribution in [0.2, 0.25) is 0 Å². The molecule has 0 bridgehead atoms. The molecule has 0 amide bonds. The average Bonchev–Trinajstić information content (AvgIpc) is 2.44. The summed E-state index contributed by atoms with van der Waals surface area (Å²) in [6.45, 7) is 1.33. The van der Waals surface area contributed by atoms with Crippen LogP contribution in [0.3, 0.4) is 0 Å². The van der Waals surface area contributed by atoms with Gasteiger partial charge in [0.05, 0.1) is 27.8 Å². The second-order valence-corrected chi connectivity index (χ2v) is 4.25. The first-order chi connectivity index (χ1) is 9.92. The van der Waals surface area contributed by atoms with Gasteiger partial charge in [0.2, 0.25) is 5.75 Å². The normalized spacial score (nSPS) is 11.0. The number of hydrogen-bond donors (Lipinski definition) is 1. The van der Waals surface area contributed by atoms with Crippen molar-refractivity contribution < 1.29 is 28.9 Å². The zero-order chi connectivity index (χ0) is 16.0. The molecule has 1 N–H and O–H groups in total. The van der Waals surface area contributed by atoms with Crippen molar-refractivity contribution >= 4 is 17.8 Å². The van der Waals surface area contributed by atoms with E-state index >= 15 is 0 Å². The number of carbonyl (C=O) groups excluding carboxylic acids is 1. The molecule has 0 aromatic heterocycles. The van der Waals surface area contributed by atoms with Gasteiger partial charge in [-0.25, -0.2) is 0 Å². The van der Waals surface area contributed by atoms with E-state index < -0.39 is 5.97 Å². The Morgan fingerprint density at radius 3 is 1.95 bits per heavy atom. The lowest BCUT2D eigenvalue weighted by Gasteiger charge is -2.13. The molecule has 0 fully saturated rings. The Bertz CT molecular complexity index is 549. The van der Waals surface area contributed by atoms with Gasteiger partial charge in [0, 0.05) is 5.57 Å². The Kier molecular flexibility index (Phi) is 5.78. The SMILES string of the molecule is COc1cc(/C=C(\CC(=O)O)C(C)=O)cc(OC)c1OC. The van der Waals surface area contributed by atoms with Crippen LogP contribution < -0.4 is 14.2 Å². The Hall–Kier alpha value is -2.50. The second kappa shape index (κ2) is 7.33. The van der Waals surface area contributed by atoms with Gasteiger partial charge >= 0.3 is 5.97 Å². The summed E-state index contributed by atoms with van der Waals surface area (Å²) in [6.07, 6.45) is 1.16. The van der Waals surface area contributed by atoms with E-state index in [1.54, 1.807) is 12.1 Å². The van der Waals surface area contributed by atoms with Gasteiger partial charge in [0.25, 0.3) is 0 Å². The summed E-state index contributed by atoms with van der Waals surface area (Å²) in [6, 6.07) is 3.29. The van der Waals surface area contributed by atoms with E-state index in [-0.39, 0.29) is 17.8 Å². The maximum atomic E-state index is 11.5. The number of carbonyl (C=O) groups is 2. The summed E-state index contributed by atoms with van der Waals surface area (Å²) in [5, 5.41) is 8.83. The Balaban J connectivity index is 3.35. The van der Waals surface area contributed by atoms with Crippen molar-refractivity contribution in [2.75, 3.05) is 21.3 Å². The van der Waals surface area contributed by atoms with Crippen LogP contribution in [0.5, 0.6) is 17.2 Å². The highest BCUT2D eigenvalue weighted by Crippen LogP contribution is 2.38. The largest absolute Gasteiger partial charge is 0.493 e. The fourth-order valence-corrected chi connectivity index (χ4v) is 1.83. The third kappa shape index (κ3) is 4.24. The second-order valence-electron chi connectivity index (χ2n) is 4.25. The van der Waals surface area contributed by atoms with Crippen LogP contribution in [0.15, 0.2) is 17.7 Å². The topological polar surface area (TPSA) is 82.1 Å². The minimum atomic E-state index is -1.07. The van der Waals surface area contributed by atoms with Crippen molar-refractivity contribution in [2.24, 2.45) is 0 Å². The molecule has 0 heterocycles. The van der Waals surface area contributed by atoms with Crippen molar-refractivity contribution in [1.29, 1.82) is 0 Å². The van der Waals surface area contributed by atoms with Crippen LogP contribution in [0, 0.1) is 0 Å². The van der Waals surface area contributed by atoms with Crippen LogP contribution in [0.1, 0.15) is 18.9 Å². The number of rotatable bonds is 7. The molecule has 1 rings (SSSR count). The maximum absolute atomic E-state index is 11.5. The number of hydrogen-bond acceptors (Lipinski definition) is 5. The highest BCUT2D eigenvalue weighted by molar-refractivity contribution is 6.01. The van der Waals surface area contributed by atoms with Crippen molar-refractivity contribution in [3.8, 4) is 17.2 Å². The molecule has 0 spiro atoms. The Morgan fingerprint density at radius 1 is 1.10 bits per heavy atom. The van der Waals surface area contributed by atoms with E-state index in [9.17, 15) is 9.59 Å². The first-order valence-corrected chi connectivity index (χ1v) is 6.16. The zero-order valence-electron chi connectivity index (χ0n) is 12.4. The fourth-order valence-electron chi connectivity index (χ4n) is 1.83. The Morgan fingerprint density at radius 2 is 1.62 bits per heavy atom. The minimum Gasteiger partial charge on any atom is -0.493 e. The molecule has 0 saturated heterocycles. The van der Waals surface area contributed by atoms with E-state index in [0.717, 1.165) is 0 Å². The van der Waals surface area contributed by atoms with Crippen LogP contribution in [-0.4, -0.2) is 38.2 Å². The first-order valence-electron chi connectivity index (χ1n) is 6.16. The number of carboxylic acid groups (broad SMARTS) is 1. The summed E-state index contributed by atoms with van der Waals surface area (Å²) < 4.78 is 15.6. The average molecular weight is 294 g/mol. The van der Waals surface area contributed by atoms with E-state index in [4.69, 9.17) is 19.3 Å². The fraction of sp³-hybridized carbons (Fsp3) is 0.333. The molecule has 21 heavy (non-hydrogen) atoms. The minimum absolute atomic E-state index is 0.191. The number of carboxylic acids is 1. The number of ether oxygens (including phenoxy) is 3. The lowest BCUT2D eigenvalue weighted by atomic mass is 10.0. The molecular weight excluding hydrogens is 276 g/mol. The van der Waals surface area contributed by atoms with Gasteiger partial charge in [-0.3, -0.25) is 9.59 Å². The monoisotopic (exact) mass is 294 g/mol. The van der Waals surface area contributed by atoms with E-state index in [1.165, 1.54) is 34.3 Å². The van der Waals surface area contributed by atoms with Gasteiger partial charge in [-0.05, 0) is 30.7 Å². The van der Waals surface area contributed by atoms with Crippen molar-refractivity contribution in [2.45, 2.75) is 13.3 Å². The van der Waals surface area contributed by atoms with E-state index in [2.05, 4.69) is 0 Å². The van der Waals surface area contributed by atoms with Gasteiger partial charge in [0.15, 0.2) is 17.3 Å². The molecule has 0 unspecified atom stereocenters. The van der Waals surface area contributed by atoms with Crippen molar-refractivity contribution in [3.05, 3.63) is 23.3 Å². The molecule has 0 saturated carbocycles. The highest BCUT2D eigenvalue weighted by atomic mass is 16.5. The van der Waals surface area contributed by atoms with Crippen LogP contribution >= 0.6 is 0 Å². The summed E-state index contributed by atoms with van der Waals surface area (Å²) in [5.41, 5.74) is 0.785. The molecule has 6 nitrogen and oxygen atoms in total.